The SMILES string of the molecule is O=[N+]([O-])c1ccccc1Cl.c1ccc2c(c1)CCCC2. The number of halogens is 1. The van der Waals surface area contributed by atoms with Crippen molar-refractivity contribution in [3.63, 3.8) is 0 Å². The number of nitro groups is 1. The molecule has 0 bridgehead atoms. The molecule has 0 atom stereocenters. The van der Waals surface area contributed by atoms with Crippen molar-refractivity contribution >= 4 is 17.3 Å². The Morgan fingerprint density at radius 2 is 1.40 bits per heavy atom. The van der Waals surface area contributed by atoms with Crippen LogP contribution in [0.3, 0.4) is 0 Å². The van der Waals surface area contributed by atoms with E-state index in [1.54, 1.807) is 23.3 Å². The van der Waals surface area contributed by atoms with E-state index in [2.05, 4.69) is 24.3 Å². The van der Waals surface area contributed by atoms with E-state index in [1.165, 1.54) is 37.8 Å². The van der Waals surface area contributed by atoms with Crippen molar-refractivity contribution in [2.24, 2.45) is 0 Å². The normalized spacial score (nSPS) is 12.8. The minimum Gasteiger partial charge on any atom is -0.258 e. The highest BCUT2D eigenvalue weighted by Crippen LogP contribution is 2.22. The van der Waals surface area contributed by atoms with Crippen LogP contribution in [0.1, 0.15) is 24.0 Å². The van der Waals surface area contributed by atoms with E-state index < -0.39 is 4.92 Å². The van der Waals surface area contributed by atoms with Gasteiger partial charge in [0.05, 0.1) is 4.92 Å². The Labute approximate surface area is 123 Å². The Balaban J connectivity index is 0.000000147. The van der Waals surface area contributed by atoms with Crippen LogP contribution in [-0.4, -0.2) is 4.92 Å². The molecule has 104 valence electrons. The van der Waals surface area contributed by atoms with Crippen LogP contribution in [0.5, 0.6) is 0 Å². The first-order chi connectivity index (χ1) is 9.68. The van der Waals surface area contributed by atoms with Gasteiger partial charge in [-0.05, 0) is 42.9 Å². The van der Waals surface area contributed by atoms with Gasteiger partial charge in [0, 0.05) is 6.07 Å². The molecule has 1 aliphatic carbocycles. The highest BCUT2D eigenvalue weighted by Gasteiger charge is 2.08. The lowest BCUT2D eigenvalue weighted by Crippen LogP contribution is -2.00. The molecule has 0 N–H and O–H groups in total. The molecule has 0 unspecified atom stereocenters. The lowest BCUT2D eigenvalue weighted by molar-refractivity contribution is -0.384. The fraction of sp³-hybridized carbons (Fsp3) is 0.250. The maximum absolute atomic E-state index is 10.1. The van der Waals surface area contributed by atoms with Crippen molar-refractivity contribution in [2.45, 2.75) is 25.7 Å². The molecular weight excluding hydrogens is 274 g/mol. The van der Waals surface area contributed by atoms with Crippen LogP contribution in [0.15, 0.2) is 48.5 Å². The Morgan fingerprint density at radius 1 is 0.900 bits per heavy atom. The van der Waals surface area contributed by atoms with Crippen LogP contribution in [0.2, 0.25) is 5.02 Å². The Kier molecular flexibility index (Phi) is 5.13. The van der Waals surface area contributed by atoms with Crippen molar-refractivity contribution in [3.05, 3.63) is 74.8 Å². The molecule has 4 heteroatoms. The summed E-state index contributed by atoms with van der Waals surface area (Å²) in [6, 6.07) is 14.9. The summed E-state index contributed by atoms with van der Waals surface area (Å²) in [7, 11) is 0. The molecule has 0 aromatic heterocycles. The number of nitrogens with zero attached hydrogens (tertiary/aromatic N) is 1. The number of rotatable bonds is 1. The Morgan fingerprint density at radius 3 is 1.85 bits per heavy atom. The number of hydrogen-bond donors (Lipinski definition) is 0. The molecule has 1 aliphatic rings. The van der Waals surface area contributed by atoms with Crippen LogP contribution in [0, 0.1) is 10.1 Å². The average Bonchev–Trinajstić information content (AvgIpc) is 2.48. The number of nitro benzene ring substituents is 1. The number of benzene rings is 2. The zero-order chi connectivity index (χ0) is 14.4. The van der Waals surface area contributed by atoms with Crippen molar-refractivity contribution in [1.29, 1.82) is 0 Å². The van der Waals surface area contributed by atoms with Gasteiger partial charge in [0.1, 0.15) is 5.02 Å². The first-order valence-corrected chi connectivity index (χ1v) is 7.02. The number of fused-ring (bicyclic) bond motifs is 1. The summed E-state index contributed by atoms with van der Waals surface area (Å²) in [4.78, 5) is 9.63. The van der Waals surface area contributed by atoms with Gasteiger partial charge >= 0.3 is 0 Å². The van der Waals surface area contributed by atoms with Gasteiger partial charge in [-0.25, -0.2) is 0 Å². The minimum absolute atomic E-state index is 0.0517. The zero-order valence-electron chi connectivity index (χ0n) is 11.1. The summed E-state index contributed by atoms with van der Waals surface area (Å²) in [5.74, 6) is 0. The molecular formula is C16H16ClNO2. The topological polar surface area (TPSA) is 43.1 Å². The van der Waals surface area contributed by atoms with Crippen LogP contribution in [-0.2, 0) is 12.8 Å². The van der Waals surface area contributed by atoms with E-state index in [-0.39, 0.29) is 10.7 Å². The van der Waals surface area contributed by atoms with Crippen LogP contribution in [0.25, 0.3) is 0 Å². The van der Waals surface area contributed by atoms with E-state index in [4.69, 9.17) is 11.6 Å². The second kappa shape index (κ2) is 7.06. The monoisotopic (exact) mass is 289 g/mol. The summed E-state index contributed by atoms with van der Waals surface area (Å²) in [6.45, 7) is 0. The van der Waals surface area contributed by atoms with Gasteiger partial charge in [-0.15, -0.1) is 0 Å². The van der Waals surface area contributed by atoms with Crippen molar-refractivity contribution in [1.82, 2.24) is 0 Å². The Bertz CT molecular complexity index is 574. The van der Waals surface area contributed by atoms with Crippen LogP contribution < -0.4 is 0 Å². The number of aryl methyl sites for hydroxylation is 2. The maximum atomic E-state index is 10.1. The van der Waals surface area contributed by atoms with E-state index in [0.717, 1.165) is 0 Å². The van der Waals surface area contributed by atoms with Crippen LogP contribution in [0.4, 0.5) is 5.69 Å². The predicted molar refractivity (Wildman–Crippen MR) is 81.2 cm³/mol. The van der Waals surface area contributed by atoms with Crippen molar-refractivity contribution in [3.8, 4) is 0 Å². The second-order valence-electron chi connectivity index (χ2n) is 4.68. The first-order valence-electron chi connectivity index (χ1n) is 6.64. The molecule has 2 aromatic rings. The summed E-state index contributed by atoms with van der Waals surface area (Å²) >= 11 is 5.48. The summed E-state index contributed by atoms with van der Waals surface area (Å²) in [5.41, 5.74) is 3.10. The number of para-hydroxylation sites is 1. The molecule has 0 saturated heterocycles. The third-order valence-corrected chi connectivity index (χ3v) is 3.63. The van der Waals surface area contributed by atoms with Gasteiger partial charge in [0.25, 0.3) is 5.69 Å². The summed E-state index contributed by atoms with van der Waals surface area (Å²) in [5, 5.41) is 10.3. The lowest BCUT2D eigenvalue weighted by Gasteiger charge is -2.13. The third kappa shape index (κ3) is 3.81. The van der Waals surface area contributed by atoms with E-state index in [0.29, 0.717) is 0 Å². The van der Waals surface area contributed by atoms with Crippen LogP contribution >= 0.6 is 11.6 Å². The van der Waals surface area contributed by atoms with Gasteiger partial charge in [-0.3, -0.25) is 10.1 Å². The van der Waals surface area contributed by atoms with Gasteiger partial charge < -0.3 is 0 Å². The largest absolute Gasteiger partial charge is 0.287 e. The highest BCUT2D eigenvalue weighted by molar-refractivity contribution is 6.32. The fourth-order valence-electron chi connectivity index (χ4n) is 2.28. The van der Waals surface area contributed by atoms with E-state index in [9.17, 15) is 10.1 Å². The summed E-state index contributed by atoms with van der Waals surface area (Å²) < 4.78 is 0. The second-order valence-corrected chi connectivity index (χ2v) is 5.09. The molecule has 0 fully saturated rings. The molecule has 3 rings (SSSR count). The summed E-state index contributed by atoms with van der Waals surface area (Å²) in [6.07, 6.45) is 5.38. The maximum Gasteiger partial charge on any atom is 0.287 e. The molecule has 0 saturated carbocycles. The van der Waals surface area contributed by atoms with Gasteiger partial charge in [0.15, 0.2) is 0 Å². The first kappa shape index (κ1) is 14.5. The molecule has 0 aliphatic heterocycles. The predicted octanol–water partition coefficient (Wildman–Crippen LogP) is 4.81. The van der Waals surface area contributed by atoms with Gasteiger partial charge in [0.2, 0.25) is 0 Å². The fourth-order valence-corrected chi connectivity index (χ4v) is 2.48. The lowest BCUT2D eigenvalue weighted by atomic mass is 9.92. The van der Waals surface area contributed by atoms with E-state index >= 15 is 0 Å². The molecule has 0 heterocycles. The third-order valence-electron chi connectivity index (χ3n) is 3.31. The van der Waals surface area contributed by atoms with Gasteiger partial charge in [-0.1, -0.05) is 48.0 Å². The highest BCUT2D eigenvalue weighted by atomic mass is 35.5. The van der Waals surface area contributed by atoms with Crippen molar-refractivity contribution in [2.75, 3.05) is 0 Å². The minimum atomic E-state index is -0.512. The average molecular weight is 290 g/mol. The molecule has 3 nitrogen and oxygen atoms in total. The van der Waals surface area contributed by atoms with E-state index in [1.807, 2.05) is 0 Å². The van der Waals surface area contributed by atoms with Crippen molar-refractivity contribution < 1.29 is 4.92 Å². The Hall–Kier alpha value is -1.87. The number of hydrogen-bond acceptors (Lipinski definition) is 2. The molecule has 2 aromatic carbocycles. The smallest absolute Gasteiger partial charge is 0.258 e. The molecule has 20 heavy (non-hydrogen) atoms. The molecule has 0 amide bonds. The zero-order valence-corrected chi connectivity index (χ0v) is 11.8. The molecule has 0 radical (unpaired) electrons. The molecule has 0 spiro atoms. The quantitative estimate of drug-likeness (QED) is 0.558. The standard InChI is InChI=1S/C10H12.C6H4ClNO2/c1-2-6-10-8-4-3-7-9(10)5-1;7-5-3-1-2-4-6(5)8(9)10/h1-2,5-6H,3-4,7-8H2;1-4H. The van der Waals surface area contributed by atoms with Gasteiger partial charge in [-0.2, -0.15) is 0 Å².